The van der Waals surface area contributed by atoms with Crippen LogP contribution in [0.1, 0.15) is 23.1 Å². The standard InChI is InChI=1S/C20H23N/c1-21(2)15-16-12-13-18-10-6-7-11-19(18)20(14-16)17-8-4-3-5-9-17/h3-11,14,16H,12-13,15H2,1-2H3. The van der Waals surface area contributed by atoms with Crippen LogP contribution < -0.4 is 0 Å². The molecule has 1 aliphatic rings. The third-order valence-corrected chi connectivity index (χ3v) is 4.18. The highest BCUT2D eigenvalue weighted by Crippen LogP contribution is 2.32. The van der Waals surface area contributed by atoms with Crippen LogP contribution in [0.3, 0.4) is 0 Å². The van der Waals surface area contributed by atoms with E-state index in [0.29, 0.717) is 5.92 Å². The lowest BCUT2D eigenvalue weighted by Crippen LogP contribution is -2.20. The monoisotopic (exact) mass is 277 g/mol. The van der Waals surface area contributed by atoms with Crippen LogP contribution in [0.25, 0.3) is 5.57 Å². The summed E-state index contributed by atoms with van der Waals surface area (Å²) in [6.07, 6.45) is 4.88. The van der Waals surface area contributed by atoms with Crippen molar-refractivity contribution in [1.82, 2.24) is 4.90 Å². The summed E-state index contributed by atoms with van der Waals surface area (Å²) in [5, 5.41) is 0. The number of nitrogens with zero attached hydrogens (tertiary/aromatic N) is 1. The zero-order chi connectivity index (χ0) is 14.7. The quantitative estimate of drug-likeness (QED) is 0.811. The van der Waals surface area contributed by atoms with Gasteiger partial charge in [-0.15, -0.1) is 0 Å². The Labute approximate surface area is 127 Å². The predicted molar refractivity (Wildman–Crippen MR) is 90.3 cm³/mol. The van der Waals surface area contributed by atoms with Gasteiger partial charge >= 0.3 is 0 Å². The van der Waals surface area contributed by atoms with E-state index in [1.807, 2.05) is 0 Å². The molecule has 0 amide bonds. The Morgan fingerprint density at radius 3 is 2.43 bits per heavy atom. The molecular formula is C20H23N. The van der Waals surface area contributed by atoms with E-state index in [9.17, 15) is 0 Å². The average molecular weight is 277 g/mol. The number of hydrogen-bond acceptors (Lipinski definition) is 1. The lowest BCUT2D eigenvalue weighted by atomic mass is 9.93. The zero-order valence-electron chi connectivity index (χ0n) is 12.9. The molecule has 1 aliphatic carbocycles. The smallest absolute Gasteiger partial charge is 0.00387 e. The Hall–Kier alpha value is -1.86. The largest absolute Gasteiger partial charge is 0.309 e. The molecule has 1 nitrogen and oxygen atoms in total. The van der Waals surface area contributed by atoms with E-state index in [2.05, 4.69) is 79.7 Å². The van der Waals surface area contributed by atoms with Gasteiger partial charge in [-0.25, -0.2) is 0 Å². The third-order valence-electron chi connectivity index (χ3n) is 4.18. The van der Waals surface area contributed by atoms with Crippen molar-refractivity contribution in [2.45, 2.75) is 12.8 Å². The van der Waals surface area contributed by atoms with Crippen LogP contribution >= 0.6 is 0 Å². The van der Waals surface area contributed by atoms with Crippen molar-refractivity contribution in [3.8, 4) is 0 Å². The Morgan fingerprint density at radius 1 is 0.952 bits per heavy atom. The molecule has 0 aromatic heterocycles. The molecule has 3 rings (SSSR count). The summed E-state index contributed by atoms with van der Waals surface area (Å²) in [4.78, 5) is 2.29. The normalized spacial score (nSPS) is 18.0. The first-order valence-corrected chi connectivity index (χ1v) is 7.74. The van der Waals surface area contributed by atoms with E-state index in [1.165, 1.54) is 35.1 Å². The van der Waals surface area contributed by atoms with Gasteiger partial charge in [0.1, 0.15) is 0 Å². The van der Waals surface area contributed by atoms with Crippen LogP contribution in [0.4, 0.5) is 0 Å². The Bertz CT molecular complexity index is 625. The second-order valence-corrected chi connectivity index (χ2v) is 6.16. The minimum absolute atomic E-state index is 0.614. The predicted octanol–water partition coefficient (Wildman–Crippen LogP) is 4.24. The van der Waals surface area contributed by atoms with Crippen LogP contribution in [0.2, 0.25) is 0 Å². The topological polar surface area (TPSA) is 3.24 Å². The molecule has 0 radical (unpaired) electrons. The molecule has 2 aromatic carbocycles. The summed E-state index contributed by atoms with van der Waals surface area (Å²) < 4.78 is 0. The van der Waals surface area contributed by atoms with Crippen molar-refractivity contribution < 1.29 is 0 Å². The molecule has 2 aromatic rings. The third kappa shape index (κ3) is 3.25. The lowest BCUT2D eigenvalue weighted by molar-refractivity contribution is 0.349. The van der Waals surface area contributed by atoms with Crippen LogP contribution in [-0.4, -0.2) is 25.5 Å². The van der Waals surface area contributed by atoms with Crippen LogP contribution in [0.15, 0.2) is 60.7 Å². The van der Waals surface area contributed by atoms with Crippen molar-refractivity contribution in [2.24, 2.45) is 5.92 Å². The lowest BCUT2D eigenvalue weighted by Gasteiger charge is -2.17. The molecule has 1 unspecified atom stereocenters. The molecule has 1 heteroatoms. The Morgan fingerprint density at radius 2 is 1.67 bits per heavy atom. The first kappa shape index (κ1) is 14.1. The number of rotatable bonds is 3. The second-order valence-electron chi connectivity index (χ2n) is 6.16. The maximum Gasteiger partial charge on any atom is 0.00387 e. The number of benzene rings is 2. The van der Waals surface area contributed by atoms with Crippen molar-refractivity contribution >= 4 is 5.57 Å². The highest BCUT2D eigenvalue weighted by atomic mass is 15.1. The molecule has 108 valence electrons. The van der Waals surface area contributed by atoms with E-state index in [0.717, 1.165) is 6.54 Å². The van der Waals surface area contributed by atoms with Crippen molar-refractivity contribution in [3.63, 3.8) is 0 Å². The first-order valence-electron chi connectivity index (χ1n) is 7.74. The van der Waals surface area contributed by atoms with E-state index in [1.54, 1.807) is 0 Å². The van der Waals surface area contributed by atoms with Crippen molar-refractivity contribution in [2.75, 3.05) is 20.6 Å². The highest BCUT2D eigenvalue weighted by molar-refractivity contribution is 5.82. The van der Waals surface area contributed by atoms with Crippen LogP contribution in [-0.2, 0) is 6.42 Å². The minimum atomic E-state index is 0.614. The van der Waals surface area contributed by atoms with Crippen LogP contribution in [0.5, 0.6) is 0 Å². The van der Waals surface area contributed by atoms with Crippen molar-refractivity contribution in [3.05, 3.63) is 77.4 Å². The van der Waals surface area contributed by atoms with Gasteiger partial charge in [-0.1, -0.05) is 60.7 Å². The summed E-state index contributed by atoms with van der Waals surface area (Å²) in [6, 6.07) is 19.7. The molecular weight excluding hydrogens is 254 g/mol. The molecule has 0 saturated carbocycles. The van der Waals surface area contributed by atoms with Crippen LogP contribution in [0, 0.1) is 5.92 Å². The molecule has 0 bridgehead atoms. The Kier molecular flexibility index (Phi) is 4.21. The molecule has 0 fully saturated rings. The zero-order valence-corrected chi connectivity index (χ0v) is 12.9. The van der Waals surface area contributed by atoms with E-state index < -0.39 is 0 Å². The average Bonchev–Trinajstić information content (AvgIpc) is 2.68. The minimum Gasteiger partial charge on any atom is -0.309 e. The van der Waals surface area contributed by atoms with Crippen molar-refractivity contribution in [1.29, 1.82) is 0 Å². The summed E-state index contributed by atoms with van der Waals surface area (Å²) >= 11 is 0. The van der Waals surface area contributed by atoms with Gasteiger partial charge < -0.3 is 4.90 Å². The molecule has 0 N–H and O–H groups in total. The van der Waals surface area contributed by atoms with Gasteiger partial charge in [0, 0.05) is 6.54 Å². The number of hydrogen-bond donors (Lipinski definition) is 0. The van der Waals surface area contributed by atoms with Gasteiger partial charge in [0.15, 0.2) is 0 Å². The van der Waals surface area contributed by atoms with Gasteiger partial charge in [0.05, 0.1) is 0 Å². The summed E-state index contributed by atoms with van der Waals surface area (Å²) in [5.41, 5.74) is 5.62. The second kappa shape index (κ2) is 6.28. The fourth-order valence-corrected chi connectivity index (χ4v) is 3.23. The number of fused-ring (bicyclic) bond motifs is 1. The summed E-state index contributed by atoms with van der Waals surface area (Å²) in [7, 11) is 4.32. The fourth-order valence-electron chi connectivity index (χ4n) is 3.23. The van der Waals surface area contributed by atoms with Gasteiger partial charge in [0.25, 0.3) is 0 Å². The highest BCUT2D eigenvalue weighted by Gasteiger charge is 2.18. The molecule has 0 aliphatic heterocycles. The maximum atomic E-state index is 2.49. The molecule has 1 atom stereocenters. The molecule has 0 heterocycles. The Balaban J connectivity index is 2.06. The summed E-state index contributed by atoms with van der Waals surface area (Å²) in [5.74, 6) is 0.614. The SMILES string of the molecule is CN(C)CC1C=C(c2ccccc2)c2ccccc2CC1. The molecule has 21 heavy (non-hydrogen) atoms. The molecule has 0 spiro atoms. The number of aryl methyl sites for hydroxylation is 1. The first-order chi connectivity index (χ1) is 10.2. The van der Waals surface area contributed by atoms with Gasteiger partial charge in [-0.3, -0.25) is 0 Å². The molecule has 0 saturated heterocycles. The van der Waals surface area contributed by atoms with Gasteiger partial charge in [-0.2, -0.15) is 0 Å². The van der Waals surface area contributed by atoms with Gasteiger partial charge in [0.2, 0.25) is 0 Å². The van der Waals surface area contributed by atoms with E-state index in [-0.39, 0.29) is 0 Å². The summed E-state index contributed by atoms with van der Waals surface area (Å²) in [6.45, 7) is 1.12. The maximum absolute atomic E-state index is 2.49. The van der Waals surface area contributed by atoms with E-state index in [4.69, 9.17) is 0 Å². The van der Waals surface area contributed by atoms with E-state index >= 15 is 0 Å². The fraction of sp³-hybridized carbons (Fsp3) is 0.300. The van der Waals surface area contributed by atoms with Gasteiger partial charge in [-0.05, 0) is 55.1 Å².